The second kappa shape index (κ2) is 7.54. The highest BCUT2D eigenvalue weighted by Gasteiger charge is 2.09. The van der Waals surface area contributed by atoms with Gasteiger partial charge in [-0.1, -0.05) is 41.9 Å². The van der Waals surface area contributed by atoms with Crippen molar-refractivity contribution in [1.82, 2.24) is 15.4 Å². The normalized spacial score (nSPS) is 11.2. The summed E-state index contributed by atoms with van der Waals surface area (Å²) < 4.78 is 0. The van der Waals surface area contributed by atoms with Gasteiger partial charge in [0.15, 0.2) is 0 Å². The Morgan fingerprint density at radius 1 is 1.11 bits per heavy atom. The predicted molar refractivity (Wildman–Crippen MR) is 110 cm³/mol. The molecule has 0 bridgehead atoms. The number of halogens is 1. The number of aromatic amines is 1. The summed E-state index contributed by atoms with van der Waals surface area (Å²) in [6, 6.07) is 19.6. The van der Waals surface area contributed by atoms with E-state index in [-0.39, 0.29) is 16.7 Å². The maximum Gasteiger partial charge on any atom is 0.271 e. The first-order chi connectivity index (χ1) is 13.6. The summed E-state index contributed by atoms with van der Waals surface area (Å²) >= 11 is 5.84. The zero-order valence-electron chi connectivity index (χ0n) is 14.6. The number of H-pyrrole nitrogens is 1. The van der Waals surface area contributed by atoms with Crippen LogP contribution in [0.3, 0.4) is 0 Å². The first kappa shape index (κ1) is 17.8. The fraction of sp³-hybridized carbons (Fsp3) is 0. The number of carbonyl (C=O) groups excluding carboxylic acids is 1. The number of benzene rings is 3. The molecule has 0 saturated carbocycles. The highest BCUT2D eigenvalue weighted by atomic mass is 35.5. The summed E-state index contributed by atoms with van der Waals surface area (Å²) in [4.78, 5) is 20.1. The molecule has 3 aromatic carbocycles. The van der Waals surface area contributed by atoms with Crippen LogP contribution in [0, 0.1) is 0 Å². The molecule has 138 valence electrons. The van der Waals surface area contributed by atoms with E-state index >= 15 is 0 Å². The van der Waals surface area contributed by atoms with E-state index in [1.54, 1.807) is 30.3 Å². The topological polar surface area (TPSA) is 90.4 Å². The number of nitrogens with zero attached hydrogens (tertiary/aromatic N) is 2. The molecule has 6 nitrogen and oxygen atoms in total. The number of aromatic hydroxyl groups is 1. The van der Waals surface area contributed by atoms with Crippen LogP contribution >= 0.6 is 11.6 Å². The van der Waals surface area contributed by atoms with Gasteiger partial charge in [0.25, 0.3) is 5.91 Å². The molecule has 0 unspecified atom stereocenters. The largest absolute Gasteiger partial charge is 0.506 e. The number of hydrogen-bond acceptors (Lipinski definition) is 4. The van der Waals surface area contributed by atoms with Crippen molar-refractivity contribution in [3.63, 3.8) is 0 Å². The molecule has 0 aliphatic carbocycles. The van der Waals surface area contributed by atoms with E-state index in [0.29, 0.717) is 11.1 Å². The van der Waals surface area contributed by atoms with E-state index in [0.717, 1.165) is 22.4 Å². The van der Waals surface area contributed by atoms with Crippen LogP contribution in [-0.4, -0.2) is 27.2 Å². The lowest BCUT2D eigenvalue weighted by Gasteiger charge is -2.00. The van der Waals surface area contributed by atoms with Crippen LogP contribution in [-0.2, 0) is 0 Å². The molecule has 0 radical (unpaired) electrons. The Morgan fingerprint density at radius 2 is 1.93 bits per heavy atom. The molecule has 0 spiro atoms. The third kappa shape index (κ3) is 3.72. The summed E-state index contributed by atoms with van der Waals surface area (Å²) in [5.41, 5.74) is 6.10. The number of amides is 1. The first-order valence-electron chi connectivity index (χ1n) is 8.47. The quantitative estimate of drug-likeness (QED) is 0.357. The van der Waals surface area contributed by atoms with Crippen LogP contribution in [0.2, 0.25) is 5.02 Å². The third-order valence-corrected chi connectivity index (χ3v) is 4.45. The van der Waals surface area contributed by atoms with E-state index in [1.165, 1.54) is 12.3 Å². The van der Waals surface area contributed by atoms with Crippen LogP contribution in [0.15, 0.2) is 71.8 Å². The molecule has 0 aliphatic rings. The summed E-state index contributed by atoms with van der Waals surface area (Å²) in [7, 11) is 0. The van der Waals surface area contributed by atoms with E-state index in [4.69, 9.17) is 11.6 Å². The maximum absolute atomic E-state index is 12.4. The summed E-state index contributed by atoms with van der Waals surface area (Å²) in [5, 5.41) is 13.6. The Labute approximate surface area is 165 Å². The molecule has 3 N–H and O–H groups in total. The minimum Gasteiger partial charge on any atom is -0.506 e. The van der Waals surface area contributed by atoms with E-state index in [2.05, 4.69) is 20.5 Å². The van der Waals surface area contributed by atoms with Crippen molar-refractivity contribution in [3.8, 4) is 17.1 Å². The number of nitrogens with one attached hydrogen (secondary N) is 2. The smallest absolute Gasteiger partial charge is 0.271 e. The van der Waals surface area contributed by atoms with Gasteiger partial charge in [-0.25, -0.2) is 10.4 Å². The van der Waals surface area contributed by atoms with Crippen molar-refractivity contribution in [1.29, 1.82) is 0 Å². The highest BCUT2D eigenvalue weighted by molar-refractivity contribution is 6.32. The van der Waals surface area contributed by atoms with Gasteiger partial charge in [-0.3, -0.25) is 4.79 Å². The first-order valence-corrected chi connectivity index (χ1v) is 8.85. The average Bonchev–Trinajstić information content (AvgIpc) is 3.14. The number of fused-ring (bicyclic) bond motifs is 1. The minimum atomic E-state index is -0.348. The number of hydrogen-bond donors (Lipinski definition) is 3. The number of phenols is 1. The van der Waals surface area contributed by atoms with Crippen molar-refractivity contribution in [2.75, 3.05) is 0 Å². The minimum absolute atomic E-state index is 0.00872. The molecular formula is C21H15ClN4O2. The average molecular weight is 391 g/mol. The molecule has 0 fully saturated rings. The van der Waals surface area contributed by atoms with Crippen LogP contribution in [0.1, 0.15) is 15.9 Å². The Bertz CT molecular complexity index is 1190. The van der Waals surface area contributed by atoms with Crippen molar-refractivity contribution >= 4 is 34.8 Å². The Balaban J connectivity index is 1.51. The fourth-order valence-corrected chi connectivity index (χ4v) is 2.91. The van der Waals surface area contributed by atoms with Crippen LogP contribution in [0.25, 0.3) is 22.4 Å². The molecule has 1 amide bonds. The lowest BCUT2D eigenvalue weighted by molar-refractivity contribution is 0.0955. The monoisotopic (exact) mass is 390 g/mol. The van der Waals surface area contributed by atoms with Gasteiger partial charge >= 0.3 is 0 Å². The standard InChI is InChI=1S/C21H15ClN4O2/c22-16-10-13(6-9-19(16)27)12-23-26-21(28)15-7-8-17-18(11-15)25-20(24-17)14-4-2-1-3-5-14/h1-12,27H,(H,24,25)(H,26,28)/b23-12+. The van der Waals surface area contributed by atoms with E-state index in [1.807, 2.05) is 30.3 Å². The van der Waals surface area contributed by atoms with Gasteiger partial charge in [-0.2, -0.15) is 5.10 Å². The van der Waals surface area contributed by atoms with E-state index < -0.39 is 0 Å². The molecule has 7 heteroatoms. The predicted octanol–water partition coefficient (Wildman–Crippen LogP) is 4.35. The summed E-state index contributed by atoms with van der Waals surface area (Å²) in [6.07, 6.45) is 1.45. The van der Waals surface area contributed by atoms with E-state index in [9.17, 15) is 9.90 Å². The van der Waals surface area contributed by atoms with Crippen LogP contribution in [0.4, 0.5) is 0 Å². The second-order valence-corrected chi connectivity index (χ2v) is 6.50. The number of carbonyl (C=O) groups is 1. The lowest BCUT2D eigenvalue weighted by atomic mass is 10.2. The van der Waals surface area contributed by atoms with Crippen LogP contribution in [0.5, 0.6) is 5.75 Å². The number of aromatic nitrogens is 2. The van der Waals surface area contributed by atoms with Gasteiger partial charge in [0.1, 0.15) is 11.6 Å². The number of hydrazone groups is 1. The van der Waals surface area contributed by atoms with Gasteiger partial charge in [0, 0.05) is 11.1 Å². The molecule has 0 saturated heterocycles. The lowest BCUT2D eigenvalue weighted by Crippen LogP contribution is -2.17. The molecule has 0 atom stereocenters. The molecule has 4 aromatic rings. The number of imidazole rings is 1. The third-order valence-electron chi connectivity index (χ3n) is 4.14. The van der Waals surface area contributed by atoms with Crippen LogP contribution < -0.4 is 5.43 Å². The summed E-state index contributed by atoms with van der Waals surface area (Å²) in [6.45, 7) is 0. The highest BCUT2D eigenvalue weighted by Crippen LogP contribution is 2.23. The molecule has 1 heterocycles. The van der Waals surface area contributed by atoms with Gasteiger partial charge < -0.3 is 10.1 Å². The number of phenolic OH excluding ortho intramolecular Hbond substituents is 1. The zero-order chi connectivity index (χ0) is 19.5. The molecular weight excluding hydrogens is 376 g/mol. The molecule has 4 rings (SSSR count). The SMILES string of the molecule is O=C(N/N=C/c1ccc(O)c(Cl)c1)c1ccc2nc(-c3ccccc3)[nH]c2c1. The van der Waals surface area contributed by atoms with Crippen molar-refractivity contribution in [3.05, 3.63) is 82.9 Å². The second-order valence-electron chi connectivity index (χ2n) is 6.09. The maximum atomic E-state index is 12.4. The Morgan fingerprint density at radius 3 is 2.71 bits per heavy atom. The Kier molecular flexibility index (Phi) is 4.78. The van der Waals surface area contributed by atoms with Gasteiger partial charge in [0.05, 0.1) is 22.3 Å². The van der Waals surface area contributed by atoms with Crippen molar-refractivity contribution < 1.29 is 9.90 Å². The van der Waals surface area contributed by atoms with Gasteiger partial charge in [-0.05, 0) is 42.0 Å². The van der Waals surface area contributed by atoms with Crippen molar-refractivity contribution in [2.24, 2.45) is 5.10 Å². The van der Waals surface area contributed by atoms with Gasteiger partial charge in [0.2, 0.25) is 0 Å². The summed E-state index contributed by atoms with van der Waals surface area (Å²) in [5.74, 6) is 0.389. The Hall–Kier alpha value is -3.64. The number of rotatable bonds is 4. The fourth-order valence-electron chi connectivity index (χ4n) is 2.72. The molecule has 28 heavy (non-hydrogen) atoms. The van der Waals surface area contributed by atoms with Gasteiger partial charge in [-0.15, -0.1) is 0 Å². The molecule has 1 aromatic heterocycles. The zero-order valence-corrected chi connectivity index (χ0v) is 15.3. The molecule has 0 aliphatic heterocycles. The van der Waals surface area contributed by atoms with Crippen molar-refractivity contribution in [2.45, 2.75) is 0 Å².